The van der Waals surface area contributed by atoms with Gasteiger partial charge in [0.25, 0.3) is 10.0 Å². The summed E-state index contributed by atoms with van der Waals surface area (Å²) in [5, 5.41) is 5.37. The van der Waals surface area contributed by atoms with Crippen LogP contribution in [0.2, 0.25) is 0 Å². The molecule has 0 bridgehead atoms. The van der Waals surface area contributed by atoms with E-state index in [1.54, 1.807) is 36.7 Å². The van der Waals surface area contributed by atoms with Crippen molar-refractivity contribution in [2.75, 3.05) is 10.0 Å². The van der Waals surface area contributed by atoms with Crippen molar-refractivity contribution >= 4 is 33.2 Å². The average Bonchev–Trinajstić information content (AvgIpc) is 2.79. The summed E-state index contributed by atoms with van der Waals surface area (Å²) in [6.07, 6.45) is 5.14. The molecule has 8 nitrogen and oxygen atoms in total. The Morgan fingerprint density at radius 3 is 2.56 bits per heavy atom. The maximum Gasteiger partial charge on any atom is 0.319 e. The highest BCUT2D eigenvalue weighted by Crippen LogP contribution is 2.29. The molecular weight excluding hydrogens is 428 g/mol. The number of urea groups is 1. The molecule has 0 spiro atoms. The Kier molecular flexibility index (Phi) is 6.18. The lowest BCUT2D eigenvalue weighted by atomic mass is 9.90. The summed E-state index contributed by atoms with van der Waals surface area (Å²) in [7, 11) is -3.85. The highest BCUT2D eigenvalue weighted by atomic mass is 32.2. The summed E-state index contributed by atoms with van der Waals surface area (Å²) in [6.45, 7) is 0.319. The summed E-state index contributed by atoms with van der Waals surface area (Å²) in [5.74, 6) is 0.0320. The van der Waals surface area contributed by atoms with E-state index in [9.17, 15) is 18.0 Å². The van der Waals surface area contributed by atoms with Crippen LogP contribution < -0.4 is 15.4 Å². The minimum Gasteiger partial charge on any atom is -0.334 e. The third-order valence-electron chi connectivity index (χ3n) is 5.15. The molecule has 3 N–H and O–H groups in total. The van der Waals surface area contributed by atoms with Gasteiger partial charge in [-0.3, -0.25) is 14.5 Å². The average molecular weight is 451 g/mol. The zero-order valence-electron chi connectivity index (χ0n) is 17.2. The number of nitrogens with zero attached hydrogens (tertiary/aromatic N) is 1. The second kappa shape index (κ2) is 9.19. The van der Waals surface area contributed by atoms with Crippen LogP contribution in [0.25, 0.3) is 0 Å². The lowest BCUT2D eigenvalue weighted by Gasteiger charge is -2.19. The largest absolute Gasteiger partial charge is 0.334 e. The Bertz CT molecular complexity index is 1240. The first-order chi connectivity index (χ1) is 15.4. The number of sulfonamides is 1. The molecule has 0 unspecified atom stereocenters. The lowest BCUT2D eigenvalue weighted by Crippen LogP contribution is -2.28. The molecule has 9 heteroatoms. The molecule has 2 aromatic carbocycles. The third-order valence-corrected chi connectivity index (χ3v) is 6.53. The molecule has 32 heavy (non-hydrogen) atoms. The van der Waals surface area contributed by atoms with Gasteiger partial charge in [-0.1, -0.05) is 18.2 Å². The summed E-state index contributed by atoms with van der Waals surface area (Å²) >= 11 is 0. The van der Waals surface area contributed by atoms with Gasteiger partial charge in [-0.25, -0.2) is 13.2 Å². The van der Waals surface area contributed by atoms with E-state index in [0.717, 1.165) is 11.1 Å². The minimum absolute atomic E-state index is 0.0320. The number of pyridine rings is 1. The first kappa shape index (κ1) is 21.5. The van der Waals surface area contributed by atoms with E-state index in [2.05, 4.69) is 20.3 Å². The molecule has 0 fully saturated rings. The lowest BCUT2D eigenvalue weighted by molar-refractivity contribution is 0.0972. The van der Waals surface area contributed by atoms with E-state index >= 15 is 0 Å². The van der Waals surface area contributed by atoms with E-state index in [4.69, 9.17) is 0 Å². The van der Waals surface area contributed by atoms with Crippen molar-refractivity contribution in [3.63, 3.8) is 0 Å². The van der Waals surface area contributed by atoms with E-state index in [0.29, 0.717) is 42.7 Å². The Labute approximate surface area is 186 Å². The number of fused-ring (bicyclic) bond motifs is 1. The highest BCUT2D eigenvalue weighted by Gasteiger charge is 2.22. The SMILES string of the molecule is O=C(NCc1cccnc1)Nc1ccc(S(=O)(=O)Nc2cccc3c2CCCC3=O)cc1. The molecule has 3 aromatic rings. The van der Waals surface area contributed by atoms with Crippen LogP contribution in [0.5, 0.6) is 0 Å². The smallest absolute Gasteiger partial charge is 0.319 e. The predicted molar refractivity (Wildman–Crippen MR) is 121 cm³/mol. The van der Waals surface area contributed by atoms with Gasteiger partial charge in [-0.15, -0.1) is 0 Å². The second-order valence-electron chi connectivity index (χ2n) is 7.41. The number of aromatic nitrogens is 1. The zero-order chi connectivity index (χ0) is 22.6. The molecule has 2 amide bonds. The van der Waals surface area contributed by atoms with Crippen LogP contribution in [0.3, 0.4) is 0 Å². The summed E-state index contributed by atoms with van der Waals surface area (Å²) in [6, 6.07) is 14.2. The Morgan fingerprint density at radius 1 is 1.00 bits per heavy atom. The molecule has 1 heterocycles. The molecule has 4 rings (SSSR count). The third kappa shape index (κ3) is 4.94. The molecule has 0 radical (unpaired) electrons. The molecule has 1 aliphatic rings. The zero-order valence-corrected chi connectivity index (χ0v) is 18.0. The number of ketones is 1. The van der Waals surface area contributed by atoms with Crippen LogP contribution in [0.1, 0.15) is 34.3 Å². The van der Waals surface area contributed by atoms with Gasteiger partial charge in [0.1, 0.15) is 0 Å². The Balaban J connectivity index is 1.42. The van der Waals surface area contributed by atoms with Crippen molar-refractivity contribution in [3.8, 4) is 0 Å². The van der Waals surface area contributed by atoms with Gasteiger partial charge in [0.2, 0.25) is 0 Å². The van der Waals surface area contributed by atoms with Gasteiger partial charge in [-0.05, 0) is 60.4 Å². The fourth-order valence-corrected chi connectivity index (χ4v) is 4.65. The van der Waals surface area contributed by atoms with Gasteiger partial charge in [0, 0.05) is 36.6 Å². The molecule has 1 aromatic heterocycles. The van der Waals surface area contributed by atoms with E-state index in [1.165, 1.54) is 24.3 Å². The topological polar surface area (TPSA) is 117 Å². The van der Waals surface area contributed by atoms with Gasteiger partial charge in [0.15, 0.2) is 5.78 Å². The fourth-order valence-electron chi connectivity index (χ4n) is 3.55. The highest BCUT2D eigenvalue weighted by molar-refractivity contribution is 7.92. The number of nitrogens with one attached hydrogen (secondary N) is 3. The number of carbonyl (C=O) groups is 2. The molecule has 164 valence electrons. The number of amides is 2. The van der Waals surface area contributed by atoms with Crippen LogP contribution in [-0.2, 0) is 23.0 Å². The van der Waals surface area contributed by atoms with Gasteiger partial charge in [0.05, 0.1) is 10.6 Å². The van der Waals surface area contributed by atoms with Crippen molar-refractivity contribution in [3.05, 3.63) is 83.7 Å². The van der Waals surface area contributed by atoms with Crippen molar-refractivity contribution in [2.45, 2.75) is 30.7 Å². The van der Waals surface area contributed by atoms with Gasteiger partial charge < -0.3 is 10.6 Å². The standard InChI is InChI=1S/C23H22N4O4S/c28-22-8-2-5-19-20(22)6-1-7-21(19)27-32(30,31)18-11-9-17(10-12-18)26-23(29)25-15-16-4-3-13-24-14-16/h1,3-4,6-7,9-14,27H,2,5,8,15H2,(H2,25,26,29). The van der Waals surface area contributed by atoms with Crippen molar-refractivity contribution in [1.82, 2.24) is 10.3 Å². The van der Waals surface area contributed by atoms with Crippen LogP contribution in [0.15, 0.2) is 71.9 Å². The normalized spacial score (nSPS) is 13.2. The van der Waals surface area contributed by atoms with Crippen LogP contribution >= 0.6 is 0 Å². The number of anilines is 2. The molecule has 0 saturated heterocycles. The predicted octanol–water partition coefficient (Wildman–Crippen LogP) is 3.72. The molecule has 1 aliphatic carbocycles. The summed E-state index contributed by atoms with van der Waals surface area (Å²) in [5.41, 5.74) is 3.05. The van der Waals surface area contributed by atoms with Gasteiger partial charge in [-0.2, -0.15) is 0 Å². The summed E-state index contributed by atoms with van der Waals surface area (Å²) < 4.78 is 28.3. The van der Waals surface area contributed by atoms with Crippen LogP contribution in [-0.4, -0.2) is 25.2 Å². The first-order valence-corrected chi connectivity index (χ1v) is 11.6. The minimum atomic E-state index is -3.85. The molecule has 0 atom stereocenters. The van der Waals surface area contributed by atoms with Crippen LogP contribution in [0, 0.1) is 0 Å². The Morgan fingerprint density at radius 2 is 1.81 bits per heavy atom. The van der Waals surface area contributed by atoms with Gasteiger partial charge >= 0.3 is 6.03 Å². The number of benzene rings is 2. The number of hydrogen-bond acceptors (Lipinski definition) is 5. The number of rotatable bonds is 6. The monoisotopic (exact) mass is 450 g/mol. The Hall–Kier alpha value is -3.72. The second-order valence-corrected chi connectivity index (χ2v) is 9.09. The maximum atomic E-state index is 12.9. The first-order valence-electron chi connectivity index (χ1n) is 10.1. The van der Waals surface area contributed by atoms with Crippen molar-refractivity contribution < 1.29 is 18.0 Å². The summed E-state index contributed by atoms with van der Waals surface area (Å²) in [4.78, 5) is 28.2. The molecular formula is C23H22N4O4S. The number of carbonyl (C=O) groups excluding carboxylic acids is 2. The molecule has 0 aliphatic heterocycles. The number of hydrogen-bond donors (Lipinski definition) is 3. The van der Waals surface area contributed by atoms with E-state index < -0.39 is 16.1 Å². The fraction of sp³-hybridized carbons (Fsp3) is 0.174. The maximum absolute atomic E-state index is 12.9. The van der Waals surface area contributed by atoms with Crippen molar-refractivity contribution in [1.29, 1.82) is 0 Å². The quantitative estimate of drug-likeness (QED) is 0.529. The molecule has 0 saturated carbocycles. The van der Waals surface area contributed by atoms with E-state index in [1.807, 2.05) is 6.07 Å². The van der Waals surface area contributed by atoms with Crippen molar-refractivity contribution in [2.24, 2.45) is 0 Å². The van der Waals surface area contributed by atoms with Crippen LogP contribution in [0.4, 0.5) is 16.2 Å². The van der Waals surface area contributed by atoms with E-state index in [-0.39, 0.29) is 10.7 Å². The number of Topliss-reactive ketones (excluding diaryl/α,β-unsaturated/α-hetero) is 1.